The van der Waals surface area contributed by atoms with Crippen LogP contribution in [0.1, 0.15) is 28.8 Å². The Morgan fingerprint density at radius 2 is 2.03 bits per heavy atom. The molecular weight excluding hydrogens is 384 g/mol. The molecule has 1 N–H and O–H groups in total. The fraction of sp³-hybridized carbons (Fsp3) is 0.190. The van der Waals surface area contributed by atoms with Crippen molar-refractivity contribution in [3.8, 4) is 23.0 Å². The summed E-state index contributed by atoms with van der Waals surface area (Å²) in [6.07, 6.45) is 5.50. The van der Waals surface area contributed by atoms with E-state index in [0.29, 0.717) is 36.2 Å². The molecule has 9 heteroatoms. The standard InChI is InChI=1S/C21H20N6O3/c1-3-18-25-21(30-26-18)15-8-9-22-19(10-15)27-12-17(24-13-27)20(28)23-11-14-4-6-16(29-2)7-5-14/h4-10,12-13H,3,11H2,1-2H3,(H,23,28). The molecule has 0 spiro atoms. The number of amides is 1. The van der Waals surface area contributed by atoms with Crippen molar-refractivity contribution in [1.82, 2.24) is 30.0 Å². The molecule has 0 unspecified atom stereocenters. The van der Waals surface area contributed by atoms with Gasteiger partial charge in [-0.1, -0.05) is 24.2 Å². The Bertz CT molecular complexity index is 1150. The summed E-state index contributed by atoms with van der Waals surface area (Å²) in [7, 11) is 1.61. The van der Waals surface area contributed by atoms with Gasteiger partial charge in [-0.3, -0.25) is 9.36 Å². The van der Waals surface area contributed by atoms with Crippen LogP contribution in [0.4, 0.5) is 0 Å². The molecule has 0 saturated carbocycles. The Labute approximate surface area is 172 Å². The molecule has 1 aromatic carbocycles. The highest BCUT2D eigenvalue weighted by molar-refractivity contribution is 5.92. The highest BCUT2D eigenvalue weighted by Crippen LogP contribution is 2.19. The molecule has 0 aliphatic carbocycles. The minimum atomic E-state index is -0.273. The average molecular weight is 404 g/mol. The summed E-state index contributed by atoms with van der Waals surface area (Å²) in [4.78, 5) is 25.3. The van der Waals surface area contributed by atoms with Gasteiger partial charge in [0.1, 0.15) is 23.6 Å². The molecule has 152 valence electrons. The SMILES string of the molecule is CCc1noc(-c2ccnc(-n3cnc(C(=O)NCc4ccc(OC)cc4)c3)c2)n1. The number of hydrogen-bond donors (Lipinski definition) is 1. The van der Waals surface area contributed by atoms with E-state index in [-0.39, 0.29) is 5.91 Å². The third kappa shape index (κ3) is 4.19. The molecule has 4 aromatic rings. The topological polar surface area (TPSA) is 108 Å². The molecule has 30 heavy (non-hydrogen) atoms. The van der Waals surface area contributed by atoms with E-state index in [2.05, 4.69) is 25.4 Å². The summed E-state index contributed by atoms with van der Waals surface area (Å²) in [5, 5.41) is 6.76. The maximum atomic E-state index is 12.4. The van der Waals surface area contributed by atoms with Crippen molar-refractivity contribution in [2.75, 3.05) is 7.11 Å². The van der Waals surface area contributed by atoms with Crippen LogP contribution in [0.3, 0.4) is 0 Å². The summed E-state index contributed by atoms with van der Waals surface area (Å²) >= 11 is 0. The smallest absolute Gasteiger partial charge is 0.271 e. The number of ether oxygens (including phenoxy) is 1. The monoisotopic (exact) mass is 404 g/mol. The predicted molar refractivity (Wildman–Crippen MR) is 108 cm³/mol. The Balaban J connectivity index is 1.45. The molecule has 0 aliphatic rings. The zero-order chi connectivity index (χ0) is 20.9. The van der Waals surface area contributed by atoms with Crippen LogP contribution in [0.25, 0.3) is 17.3 Å². The van der Waals surface area contributed by atoms with Crippen molar-refractivity contribution < 1.29 is 14.1 Å². The van der Waals surface area contributed by atoms with E-state index < -0.39 is 0 Å². The van der Waals surface area contributed by atoms with E-state index in [1.54, 1.807) is 42.5 Å². The molecule has 0 bridgehead atoms. The van der Waals surface area contributed by atoms with Crippen LogP contribution < -0.4 is 10.1 Å². The van der Waals surface area contributed by atoms with Crippen molar-refractivity contribution in [2.45, 2.75) is 19.9 Å². The van der Waals surface area contributed by atoms with Gasteiger partial charge in [0, 0.05) is 30.9 Å². The second-order valence-corrected chi connectivity index (χ2v) is 6.47. The lowest BCUT2D eigenvalue weighted by atomic mass is 10.2. The van der Waals surface area contributed by atoms with Gasteiger partial charge in [-0.15, -0.1) is 0 Å². The third-order valence-electron chi connectivity index (χ3n) is 4.47. The predicted octanol–water partition coefficient (Wildman–Crippen LogP) is 2.82. The number of methoxy groups -OCH3 is 1. The van der Waals surface area contributed by atoms with E-state index >= 15 is 0 Å². The van der Waals surface area contributed by atoms with Crippen molar-refractivity contribution in [3.05, 3.63) is 72.2 Å². The largest absolute Gasteiger partial charge is 0.497 e. The minimum Gasteiger partial charge on any atom is -0.497 e. The van der Waals surface area contributed by atoms with E-state index in [4.69, 9.17) is 9.26 Å². The molecule has 0 radical (unpaired) electrons. The lowest BCUT2D eigenvalue weighted by molar-refractivity contribution is 0.0946. The summed E-state index contributed by atoms with van der Waals surface area (Å²) in [6.45, 7) is 2.35. The zero-order valence-corrected chi connectivity index (χ0v) is 16.6. The number of benzene rings is 1. The van der Waals surface area contributed by atoms with Gasteiger partial charge in [0.2, 0.25) is 0 Å². The summed E-state index contributed by atoms with van der Waals surface area (Å²) in [5.41, 5.74) is 2.00. The molecule has 0 aliphatic heterocycles. The van der Waals surface area contributed by atoms with Gasteiger partial charge in [0.15, 0.2) is 5.82 Å². The Hall–Kier alpha value is -4.01. The molecule has 1 amide bonds. The number of carbonyl (C=O) groups is 1. The number of imidazole rings is 1. The first kappa shape index (κ1) is 19.3. The van der Waals surface area contributed by atoms with Crippen LogP contribution in [0.15, 0.2) is 59.6 Å². The quantitative estimate of drug-likeness (QED) is 0.504. The van der Waals surface area contributed by atoms with E-state index in [9.17, 15) is 4.79 Å². The second-order valence-electron chi connectivity index (χ2n) is 6.47. The van der Waals surface area contributed by atoms with Crippen LogP contribution >= 0.6 is 0 Å². The second kappa shape index (κ2) is 8.56. The van der Waals surface area contributed by atoms with Crippen molar-refractivity contribution >= 4 is 5.91 Å². The lowest BCUT2D eigenvalue weighted by Crippen LogP contribution is -2.23. The normalized spacial score (nSPS) is 10.7. The van der Waals surface area contributed by atoms with Crippen molar-refractivity contribution in [3.63, 3.8) is 0 Å². The molecule has 3 heterocycles. The summed E-state index contributed by atoms with van der Waals surface area (Å²) < 4.78 is 12.1. The first-order valence-corrected chi connectivity index (χ1v) is 9.40. The van der Waals surface area contributed by atoms with Crippen LogP contribution in [0.2, 0.25) is 0 Å². The number of rotatable bonds is 7. The van der Waals surface area contributed by atoms with Gasteiger partial charge >= 0.3 is 0 Å². The van der Waals surface area contributed by atoms with E-state index in [1.807, 2.05) is 31.2 Å². The number of nitrogens with one attached hydrogen (secondary N) is 1. The zero-order valence-electron chi connectivity index (χ0n) is 16.6. The number of pyridine rings is 1. The number of hydrogen-bond acceptors (Lipinski definition) is 7. The molecule has 0 saturated heterocycles. The fourth-order valence-corrected chi connectivity index (χ4v) is 2.79. The Morgan fingerprint density at radius 1 is 1.20 bits per heavy atom. The van der Waals surface area contributed by atoms with Gasteiger partial charge < -0.3 is 14.6 Å². The van der Waals surface area contributed by atoms with Gasteiger partial charge in [0.25, 0.3) is 11.8 Å². The number of aryl methyl sites for hydroxylation is 1. The Kier molecular flexibility index (Phi) is 5.51. The molecule has 3 aromatic heterocycles. The van der Waals surface area contributed by atoms with Crippen LogP contribution in [0, 0.1) is 0 Å². The third-order valence-corrected chi connectivity index (χ3v) is 4.47. The van der Waals surface area contributed by atoms with E-state index in [1.165, 1.54) is 0 Å². The number of carbonyl (C=O) groups excluding carboxylic acids is 1. The fourth-order valence-electron chi connectivity index (χ4n) is 2.79. The minimum absolute atomic E-state index is 0.273. The summed E-state index contributed by atoms with van der Waals surface area (Å²) in [5.74, 6) is 2.15. The lowest BCUT2D eigenvalue weighted by Gasteiger charge is -2.05. The van der Waals surface area contributed by atoms with Crippen LogP contribution in [0.5, 0.6) is 5.75 Å². The van der Waals surface area contributed by atoms with Crippen LogP contribution in [-0.2, 0) is 13.0 Å². The van der Waals surface area contributed by atoms with Gasteiger partial charge in [-0.25, -0.2) is 9.97 Å². The highest BCUT2D eigenvalue weighted by atomic mass is 16.5. The van der Waals surface area contributed by atoms with Gasteiger partial charge in [-0.2, -0.15) is 4.98 Å². The maximum absolute atomic E-state index is 12.4. The van der Waals surface area contributed by atoms with Crippen molar-refractivity contribution in [1.29, 1.82) is 0 Å². The first-order chi connectivity index (χ1) is 14.7. The molecular formula is C21H20N6O3. The molecule has 0 fully saturated rings. The van der Waals surface area contributed by atoms with Gasteiger partial charge in [0.05, 0.1) is 7.11 Å². The molecule has 9 nitrogen and oxygen atoms in total. The first-order valence-electron chi connectivity index (χ1n) is 9.40. The van der Waals surface area contributed by atoms with E-state index in [0.717, 1.165) is 16.9 Å². The molecule has 4 rings (SSSR count). The number of aromatic nitrogens is 5. The maximum Gasteiger partial charge on any atom is 0.271 e. The van der Waals surface area contributed by atoms with Crippen molar-refractivity contribution in [2.24, 2.45) is 0 Å². The van der Waals surface area contributed by atoms with Gasteiger partial charge in [-0.05, 0) is 29.8 Å². The Morgan fingerprint density at radius 3 is 2.77 bits per heavy atom. The van der Waals surface area contributed by atoms with Crippen LogP contribution in [-0.4, -0.2) is 37.7 Å². The average Bonchev–Trinajstić information content (AvgIpc) is 3.48. The highest BCUT2D eigenvalue weighted by Gasteiger charge is 2.13. The molecule has 0 atom stereocenters. The summed E-state index contributed by atoms with van der Waals surface area (Å²) in [6, 6.07) is 11.1. The number of nitrogens with zero attached hydrogens (tertiary/aromatic N) is 5.